The van der Waals surface area contributed by atoms with Gasteiger partial charge in [0.25, 0.3) is 0 Å². The number of aliphatic hydroxyl groups excluding tert-OH is 2. The summed E-state index contributed by atoms with van der Waals surface area (Å²) < 4.78 is 34.7. The van der Waals surface area contributed by atoms with Crippen LogP contribution in [0.1, 0.15) is 22.9 Å². The van der Waals surface area contributed by atoms with Gasteiger partial charge in [-0.3, -0.25) is 15.2 Å². The highest BCUT2D eigenvalue weighted by molar-refractivity contribution is 7.19. The molecule has 1 aliphatic heterocycles. The molecule has 5 rings (SSSR count). The molecule has 0 radical (unpaired) electrons. The molecule has 15 heteroatoms. The van der Waals surface area contributed by atoms with E-state index in [1.807, 2.05) is 19.0 Å². The number of pyridine rings is 1. The first-order valence-corrected chi connectivity index (χ1v) is 13.4. The number of benzene rings is 1. The SMILES string of the molecule is COc1ccc(N2C(O)c3c(sc(-c4ccc(NC(=O)O)cn4)c3CN(C)C)N(Cc3c(F)cccc3F)C2O)nn1. The number of nitrogens with zero attached hydrogens (tertiary/aromatic N) is 6. The van der Waals surface area contributed by atoms with Gasteiger partial charge in [0.15, 0.2) is 12.0 Å². The first-order chi connectivity index (χ1) is 20.1. The fourth-order valence-corrected chi connectivity index (χ4v) is 6.01. The third-order valence-electron chi connectivity index (χ3n) is 6.55. The second-order valence-electron chi connectivity index (χ2n) is 9.62. The molecule has 4 aromatic rings. The van der Waals surface area contributed by atoms with Gasteiger partial charge in [-0.1, -0.05) is 6.07 Å². The van der Waals surface area contributed by atoms with Crippen LogP contribution in [-0.4, -0.2) is 69.1 Å². The van der Waals surface area contributed by atoms with Crippen molar-refractivity contribution in [1.29, 1.82) is 0 Å². The second kappa shape index (κ2) is 11.8. The van der Waals surface area contributed by atoms with Crippen molar-refractivity contribution < 1.29 is 33.6 Å². The summed E-state index contributed by atoms with van der Waals surface area (Å²) in [7, 11) is 5.10. The van der Waals surface area contributed by atoms with E-state index in [0.29, 0.717) is 33.2 Å². The zero-order chi connectivity index (χ0) is 30.1. The Morgan fingerprint density at radius 1 is 1.10 bits per heavy atom. The number of hydrogen-bond donors (Lipinski definition) is 4. The molecule has 4 N–H and O–H groups in total. The number of anilines is 3. The minimum absolute atomic E-state index is 0.0891. The zero-order valence-corrected chi connectivity index (χ0v) is 23.5. The maximum Gasteiger partial charge on any atom is 0.409 e. The number of carboxylic acid groups (broad SMARTS) is 1. The highest BCUT2D eigenvalue weighted by Crippen LogP contribution is 2.50. The molecule has 3 aromatic heterocycles. The molecule has 0 spiro atoms. The van der Waals surface area contributed by atoms with E-state index in [9.17, 15) is 23.8 Å². The third-order valence-corrected chi connectivity index (χ3v) is 7.86. The first kappa shape index (κ1) is 29.1. The molecule has 0 fully saturated rings. The Kier molecular flexibility index (Phi) is 8.17. The largest absolute Gasteiger partial charge is 0.480 e. The van der Waals surface area contributed by atoms with Crippen molar-refractivity contribution in [2.75, 3.05) is 36.3 Å². The average molecular weight is 600 g/mol. The summed E-state index contributed by atoms with van der Waals surface area (Å²) in [5.41, 5.74) is 1.50. The van der Waals surface area contributed by atoms with Crippen LogP contribution in [0.2, 0.25) is 0 Å². The summed E-state index contributed by atoms with van der Waals surface area (Å²) >= 11 is 1.18. The fourth-order valence-electron chi connectivity index (χ4n) is 4.68. The van der Waals surface area contributed by atoms with Crippen LogP contribution < -0.4 is 19.9 Å². The van der Waals surface area contributed by atoms with Crippen molar-refractivity contribution in [3.8, 4) is 16.5 Å². The predicted molar refractivity (Wildman–Crippen MR) is 151 cm³/mol. The van der Waals surface area contributed by atoms with Gasteiger partial charge in [-0.2, -0.15) is 0 Å². The van der Waals surface area contributed by atoms with E-state index < -0.39 is 30.3 Å². The Balaban J connectivity index is 1.69. The van der Waals surface area contributed by atoms with E-state index in [4.69, 9.17) is 9.84 Å². The lowest BCUT2D eigenvalue weighted by atomic mass is 10.0. The average Bonchev–Trinajstić information content (AvgIpc) is 3.31. The summed E-state index contributed by atoms with van der Waals surface area (Å²) in [5.74, 6) is -1.28. The van der Waals surface area contributed by atoms with Crippen molar-refractivity contribution in [3.05, 3.63) is 77.0 Å². The summed E-state index contributed by atoms with van der Waals surface area (Å²) in [4.78, 5) is 20.5. The van der Waals surface area contributed by atoms with Crippen molar-refractivity contribution in [1.82, 2.24) is 20.1 Å². The van der Waals surface area contributed by atoms with Crippen molar-refractivity contribution >= 4 is 33.9 Å². The summed E-state index contributed by atoms with van der Waals surface area (Å²) in [5, 5.41) is 43.0. The number of rotatable bonds is 8. The maximum atomic E-state index is 14.8. The van der Waals surface area contributed by atoms with Crippen LogP contribution in [0.3, 0.4) is 0 Å². The van der Waals surface area contributed by atoms with Crippen LogP contribution >= 0.6 is 11.3 Å². The van der Waals surface area contributed by atoms with Crippen LogP contribution in [0.15, 0.2) is 48.7 Å². The monoisotopic (exact) mass is 599 g/mol. The van der Waals surface area contributed by atoms with E-state index in [1.165, 1.54) is 52.6 Å². The van der Waals surface area contributed by atoms with Gasteiger partial charge in [-0.15, -0.1) is 21.5 Å². The second-order valence-corrected chi connectivity index (χ2v) is 10.6. The van der Waals surface area contributed by atoms with Gasteiger partial charge in [0.2, 0.25) is 12.2 Å². The lowest BCUT2D eigenvalue weighted by Crippen LogP contribution is -2.54. The molecule has 1 aliphatic rings. The van der Waals surface area contributed by atoms with E-state index >= 15 is 0 Å². The van der Waals surface area contributed by atoms with Crippen LogP contribution in [0.5, 0.6) is 5.88 Å². The first-order valence-electron chi connectivity index (χ1n) is 12.6. The molecule has 2 atom stereocenters. The number of amides is 1. The predicted octanol–water partition coefficient (Wildman–Crippen LogP) is 3.83. The van der Waals surface area contributed by atoms with Gasteiger partial charge >= 0.3 is 6.09 Å². The molecule has 1 amide bonds. The van der Waals surface area contributed by atoms with E-state index in [2.05, 4.69) is 20.5 Å². The Bertz CT molecular complexity index is 1570. The molecule has 12 nitrogen and oxygen atoms in total. The number of thiophene rings is 1. The lowest BCUT2D eigenvalue weighted by molar-refractivity contribution is 0.0688. The topological polar surface area (TPSA) is 147 Å². The quantitative estimate of drug-likeness (QED) is 0.234. The normalized spacial score (nSPS) is 16.5. The molecule has 1 aromatic carbocycles. The Hall–Kier alpha value is -4.44. The summed E-state index contributed by atoms with van der Waals surface area (Å²) in [6.45, 7) is -0.0507. The fraction of sp³-hybridized carbons (Fsp3) is 0.259. The molecular weight excluding hydrogens is 572 g/mol. The smallest absolute Gasteiger partial charge is 0.409 e. The maximum absolute atomic E-state index is 14.8. The summed E-state index contributed by atoms with van der Waals surface area (Å²) in [6, 6.07) is 9.69. The summed E-state index contributed by atoms with van der Waals surface area (Å²) in [6.07, 6.45) is -2.92. The molecule has 0 aliphatic carbocycles. The standard InChI is InChI=1S/C27H27F2N7O5S/c1-34(2)12-16-22-24(37)36(20-9-10-21(41-3)33-32-20)27(40)35(13-15-17(28)5-4-6-18(15)29)25(22)42-23(16)19-8-7-14(11-30-19)31-26(38)39/h4-11,24,27,31,37,40H,12-13H2,1-3H3,(H,38,39). The highest BCUT2D eigenvalue weighted by Gasteiger charge is 2.43. The number of carbonyl (C=O) groups is 1. The van der Waals surface area contributed by atoms with Crippen LogP contribution in [-0.2, 0) is 13.1 Å². The molecule has 0 saturated carbocycles. The molecular formula is C27H27F2N7O5S. The molecule has 4 heterocycles. The van der Waals surface area contributed by atoms with Gasteiger partial charge in [-0.25, -0.2) is 13.6 Å². The Morgan fingerprint density at radius 3 is 2.40 bits per heavy atom. The highest BCUT2D eigenvalue weighted by atomic mass is 32.1. The van der Waals surface area contributed by atoms with Gasteiger partial charge in [0.1, 0.15) is 16.6 Å². The number of ether oxygens (including phenoxy) is 1. The lowest BCUT2D eigenvalue weighted by Gasteiger charge is -2.44. The number of aromatic nitrogens is 3. The van der Waals surface area contributed by atoms with Crippen LogP contribution in [0.4, 0.5) is 30.1 Å². The van der Waals surface area contributed by atoms with Crippen molar-refractivity contribution in [3.63, 3.8) is 0 Å². The number of nitrogens with one attached hydrogen (secondary N) is 1. The van der Waals surface area contributed by atoms with E-state index in [1.54, 1.807) is 12.1 Å². The minimum Gasteiger partial charge on any atom is -0.480 e. The number of fused-ring (bicyclic) bond motifs is 1. The van der Waals surface area contributed by atoms with Crippen LogP contribution in [0.25, 0.3) is 10.6 Å². The van der Waals surface area contributed by atoms with Gasteiger partial charge in [0, 0.05) is 23.7 Å². The third kappa shape index (κ3) is 5.54. The number of halogens is 2. The van der Waals surface area contributed by atoms with Gasteiger partial charge in [-0.05, 0) is 50.0 Å². The molecule has 42 heavy (non-hydrogen) atoms. The number of aliphatic hydroxyl groups is 2. The van der Waals surface area contributed by atoms with Gasteiger partial charge in [0.05, 0.1) is 36.1 Å². The zero-order valence-electron chi connectivity index (χ0n) is 22.7. The van der Waals surface area contributed by atoms with Crippen molar-refractivity contribution in [2.45, 2.75) is 25.7 Å². The Labute approximate surface area is 243 Å². The Morgan fingerprint density at radius 2 is 1.83 bits per heavy atom. The van der Waals surface area contributed by atoms with E-state index in [0.717, 1.165) is 12.1 Å². The molecule has 2 unspecified atom stereocenters. The number of hydrogen-bond acceptors (Lipinski definition) is 11. The van der Waals surface area contributed by atoms with Crippen LogP contribution in [0, 0.1) is 11.6 Å². The molecule has 220 valence electrons. The molecule has 0 bridgehead atoms. The molecule has 0 saturated heterocycles. The minimum atomic E-state index is -1.61. The van der Waals surface area contributed by atoms with E-state index in [-0.39, 0.29) is 29.5 Å². The number of methoxy groups -OCH3 is 1. The van der Waals surface area contributed by atoms with Crippen molar-refractivity contribution in [2.24, 2.45) is 0 Å². The van der Waals surface area contributed by atoms with Gasteiger partial charge < -0.3 is 29.9 Å².